The first-order valence-corrected chi connectivity index (χ1v) is 8.66. The van der Waals surface area contributed by atoms with Crippen molar-refractivity contribution in [1.29, 1.82) is 0 Å². The number of non-ortho nitro benzene ring substituents is 1. The average Bonchev–Trinajstić information content (AvgIpc) is 3.08. The molecule has 10 nitrogen and oxygen atoms in total. The van der Waals surface area contributed by atoms with Crippen molar-refractivity contribution in [3.63, 3.8) is 0 Å². The zero-order valence-electron chi connectivity index (χ0n) is 14.9. The Bertz CT molecular complexity index is 851. The number of esters is 1. The molecule has 2 rings (SSSR count). The van der Waals surface area contributed by atoms with Crippen LogP contribution in [0, 0.1) is 10.1 Å². The van der Waals surface area contributed by atoms with Crippen LogP contribution in [0.3, 0.4) is 0 Å². The highest BCUT2D eigenvalue weighted by atomic mass is 32.1. The van der Waals surface area contributed by atoms with Crippen molar-refractivity contribution in [1.82, 2.24) is 4.98 Å². The molecule has 0 atom stereocenters. The fourth-order valence-corrected chi connectivity index (χ4v) is 2.80. The van der Waals surface area contributed by atoms with Crippen LogP contribution in [0.2, 0.25) is 0 Å². The van der Waals surface area contributed by atoms with E-state index in [-0.39, 0.29) is 23.8 Å². The summed E-state index contributed by atoms with van der Waals surface area (Å²) in [5.41, 5.74) is 3.48. The Hall–Kier alpha value is -3.21. The number of nitro groups is 1. The molecule has 0 aliphatic carbocycles. The maximum atomic E-state index is 11.5. The number of hydrogen-bond donors (Lipinski definition) is 1. The lowest BCUT2D eigenvalue weighted by Gasteiger charge is -2.09. The molecule has 0 amide bonds. The van der Waals surface area contributed by atoms with Gasteiger partial charge in [0.1, 0.15) is 0 Å². The molecule has 2 aromatic rings. The Morgan fingerprint density at radius 1 is 1.41 bits per heavy atom. The van der Waals surface area contributed by atoms with Crippen molar-refractivity contribution < 1.29 is 23.9 Å². The summed E-state index contributed by atoms with van der Waals surface area (Å²) in [6.07, 6.45) is 1.44. The minimum atomic E-state index is -0.533. The largest absolute Gasteiger partial charge is 0.493 e. The van der Waals surface area contributed by atoms with Crippen molar-refractivity contribution in [2.24, 2.45) is 5.10 Å². The first-order chi connectivity index (χ1) is 13.0. The number of hydrazone groups is 1. The molecular formula is C16H18N4O6S. The number of anilines is 1. The summed E-state index contributed by atoms with van der Waals surface area (Å²) in [5.74, 6) is 0.182. The highest BCUT2D eigenvalue weighted by Crippen LogP contribution is 2.34. The molecule has 1 aromatic carbocycles. The van der Waals surface area contributed by atoms with E-state index in [9.17, 15) is 14.9 Å². The number of hydrogen-bond acceptors (Lipinski definition) is 10. The summed E-state index contributed by atoms with van der Waals surface area (Å²) in [6.45, 7) is 2.05. The molecule has 0 aliphatic heterocycles. The van der Waals surface area contributed by atoms with Crippen LogP contribution in [0.5, 0.6) is 11.5 Å². The molecule has 1 N–H and O–H groups in total. The van der Waals surface area contributed by atoms with Crippen LogP contribution >= 0.6 is 11.3 Å². The maximum Gasteiger partial charge on any atom is 0.311 e. The minimum absolute atomic E-state index is 0.0750. The number of thiazole rings is 1. The van der Waals surface area contributed by atoms with Crippen LogP contribution in [0.25, 0.3) is 0 Å². The second kappa shape index (κ2) is 9.48. The van der Waals surface area contributed by atoms with Gasteiger partial charge in [0.15, 0.2) is 11.5 Å². The zero-order chi connectivity index (χ0) is 19.8. The van der Waals surface area contributed by atoms with Gasteiger partial charge in [0.2, 0.25) is 5.13 Å². The summed E-state index contributed by atoms with van der Waals surface area (Å²) < 4.78 is 15.2. The molecule has 0 saturated carbocycles. The fraction of sp³-hybridized carbons (Fsp3) is 0.312. The minimum Gasteiger partial charge on any atom is -0.493 e. The Morgan fingerprint density at radius 3 is 2.81 bits per heavy atom. The number of aromatic nitrogens is 1. The molecule has 1 heterocycles. The lowest BCUT2D eigenvalue weighted by molar-refractivity contribution is -0.385. The average molecular weight is 394 g/mol. The number of carbonyl (C=O) groups excluding carboxylic acids is 1. The Labute approximate surface area is 158 Å². The van der Waals surface area contributed by atoms with Gasteiger partial charge < -0.3 is 14.2 Å². The van der Waals surface area contributed by atoms with Gasteiger partial charge in [-0.3, -0.25) is 20.3 Å². The number of carbonyl (C=O) groups is 1. The monoisotopic (exact) mass is 394 g/mol. The van der Waals surface area contributed by atoms with Gasteiger partial charge in [0.25, 0.3) is 5.69 Å². The van der Waals surface area contributed by atoms with Crippen molar-refractivity contribution >= 4 is 34.3 Å². The molecule has 11 heteroatoms. The van der Waals surface area contributed by atoms with E-state index in [4.69, 9.17) is 14.2 Å². The topological polar surface area (TPSA) is 125 Å². The van der Waals surface area contributed by atoms with Gasteiger partial charge in [0.05, 0.1) is 50.1 Å². The highest BCUT2D eigenvalue weighted by Gasteiger charge is 2.17. The zero-order valence-corrected chi connectivity index (χ0v) is 15.7. The molecule has 0 radical (unpaired) electrons. The van der Waals surface area contributed by atoms with E-state index in [1.807, 2.05) is 0 Å². The van der Waals surface area contributed by atoms with Crippen molar-refractivity contribution in [3.8, 4) is 11.5 Å². The van der Waals surface area contributed by atoms with Gasteiger partial charge in [-0.2, -0.15) is 5.10 Å². The number of rotatable bonds is 9. The number of nitrogens with one attached hydrogen (secondary N) is 1. The summed E-state index contributed by atoms with van der Waals surface area (Å²) in [5, 5.41) is 17.3. The van der Waals surface area contributed by atoms with Crippen LogP contribution in [0.15, 0.2) is 22.6 Å². The lowest BCUT2D eigenvalue weighted by Crippen LogP contribution is -2.07. The van der Waals surface area contributed by atoms with E-state index in [0.717, 1.165) is 0 Å². The van der Waals surface area contributed by atoms with E-state index in [2.05, 4.69) is 15.5 Å². The Morgan fingerprint density at radius 2 is 2.19 bits per heavy atom. The molecule has 0 fully saturated rings. The van der Waals surface area contributed by atoms with Crippen LogP contribution in [0.1, 0.15) is 18.2 Å². The summed E-state index contributed by atoms with van der Waals surface area (Å²) in [7, 11) is 2.82. The van der Waals surface area contributed by atoms with Crippen molar-refractivity contribution in [2.75, 3.05) is 26.3 Å². The molecule has 0 bridgehead atoms. The Kier molecular flexibility index (Phi) is 7.06. The second-order valence-corrected chi connectivity index (χ2v) is 5.88. The standard InChI is InChI=1S/C16H18N4O6S/c1-4-26-14(21)6-11-9-27-16(18-11)19-17-8-10-5-12(20(22)23)7-13(24-2)15(10)25-3/h5,7-9H,4,6H2,1-3H3,(H,18,19). The number of ether oxygens (including phenoxy) is 3. The van der Waals surface area contributed by atoms with E-state index in [1.54, 1.807) is 12.3 Å². The van der Waals surface area contributed by atoms with Gasteiger partial charge in [0, 0.05) is 17.0 Å². The number of benzene rings is 1. The second-order valence-electron chi connectivity index (χ2n) is 5.02. The SMILES string of the molecule is CCOC(=O)Cc1csc(NN=Cc2cc([N+](=O)[O-])cc(OC)c2OC)n1. The lowest BCUT2D eigenvalue weighted by atomic mass is 10.1. The molecule has 27 heavy (non-hydrogen) atoms. The number of methoxy groups -OCH3 is 2. The first kappa shape index (κ1) is 20.1. The number of nitro benzene ring substituents is 1. The van der Waals surface area contributed by atoms with Crippen LogP contribution in [-0.2, 0) is 16.0 Å². The van der Waals surface area contributed by atoms with Gasteiger partial charge in [-0.15, -0.1) is 11.3 Å². The number of nitrogens with zero attached hydrogens (tertiary/aromatic N) is 3. The summed E-state index contributed by atoms with van der Waals surface area (Å²) in [4.78, 5) is 26.2. The highest BCUT2D eigenvalue weighted by molar-refractivity contribution is 7.13. The van der Waals surface area contributed by atoms with Gasteiger partial charge in [-0.25, -0.2) is 4.98 Å². The van der Waals surface area contributed by atoms with E-state index in [0.29, 0.717) is 28.7 Å². The van der Waals surface area contributed by atoms with Crippen LogP contribution in [0.4, 0.5) is 10.8 Å². The molecule has 144 valence electrons. The normalized spacial score (nSPS) is 10.6. The molecular weight excluding hydrogens is 376 g/mol. The van der Waals surface area contributed by atoms with Crippen LogP contribution in [-0.4, -0.2) is 42.9 Å². The molecule has 0 spiro atoms. The predicted molar refractivity (Wildman–Crippen MR) is 99.9 cm³/mol. The van der Waals surface area contributed by atoms with Gasteiger partial charge in [-0.05, 0) is 6.92 Å². The van der Waals surface area contributed by atoms with Crippen molar-refractivity contribution in [3.05, 3.63) is 38.9 Å². The molecule has 0 aliphatic rings. The van der Waals surface area contributed by atoms with Crippen LogP contribution < -0.4 is 14.9 Å². The molecule has 0 unspecified atom stereocenters. The summed E-state index contributed by atoms with van der Waals surface area (Å²) >= 11 is 1.26. The van der Waals surface area contributed by atoms with Crippen molar-refractivity contribution in [2.45, 2.75) is 13.3 Å². The van der Waals surface area contributed by atoms with E-state index < -0.39 is 4.92 Å². The first-order valence-electron chi connectivity index (χ1n) is 7.78. The smallest absolute Gasteiger partial charge is 0.311 e. The van der Waals surface area contributed by atoms with Gasteiger partial charge >= 0.3 is 5.97 Å². The maximum absolute atomic E-state index is 11.5. The third-order valence-corrected chi connectivity index (χ3v) is 4.05. The third-order valence-electron chi connectivity index (χ3n) is 3.25. The van der Waals surface area contributed by atoms with E-state index in [1.165, 1.54) is 43.9 Å². The third kappa shape index (κ3) is 5.38. The fourth-order valence-electron chi connectivity index (χ4n) is 2.14. The van der Waals surface area contributed by atoms with Gasteiger partial charge in [-0.1, -0.05) is 0 Å². The predicted octanol–water partition coefficient (Wildman–Crippen LogP) is 2.62. The molecule has 1 aromatic heterocycles. The van der Waals surface area contributed by atoms with E-state index >= 15 is 0 Å². The Balaban J connectivity index is 2.14. The summed E-state index contributed by atoms with van der Waals surface area (Å²) in [6, 6.07) is 2.59. The molecule has 0 saturated heterocycles. The quantitative estimate of drug-likeness (QED) is 0.298.